The lowest BCUT2D eigenvalue weighted by Gasteiger charge is -2.18. The summed E-state index contributed by atoms with van der Waals surface area (Å²) in [5.41, 5.74) is 0.382. The van der Waals surface area contributed by atoms with E-state index in [1.165, 1.54) is 11.3 Å². The Kier molecular flexibility index (Phi) is 5.68. The molecule has 0 radical (unpaired) electrons. The molecule has 0 amide bonds. The number of carbonyl (C=O) groups is 3. The van der Waals surface area contributed by atoms with Crippen LogP contribution in [0.4, 0.5) is 0 Å². The molecule has 0 bridgehead atoms. The first-order valence-electron chi connectivity index (χ1n) is 8.21. The Morgan fingerprint density at radius 1 is 1.00 bits per heavy atom. The summed E-state index contributed by atoms with van der Waals surface area (Å²) in [6, 6.07) is 8.45. The second kappa shape index (κ2) is 8.14. The van der Waals surface area contributed by atoms with Gasteiger partial charge in [-0.25, -0.2) is 0 Å². The van der Waals surface area contributed by atoms with Crippen LogP contribution < -0.4 is 9.47 Å². The molecule has 3 rings (SSSR count). The van der Waals surface area contributed by atoms with E-state index in [-0.39, 0.29) is 31.0 Å². The molecule has 0 atom stereocenters. The fourth-order valence-corrected chi connectivity index (χ4v) is 3.28. The number of aryl methyl sites for hydroxylation is 1. The normalized spacial score (nSPS) is 12.5. The fourth-order valence-electron chi connectivity index (χ4n) is 2.44. The Balaban J connectivity index is 1.46. The summed E-state index contributed by atoms with van der Waals surface area (Å²) in [6.45, 7) is 2.45. The van der Waals surface area contributed by atoms with E-state index in [0.717, 1.165) is 4.88 Å². The Morgan fingerprint density at radius 3 is 2.50 bits per heavy atom. The van der Waals surface area contributed by atoms with Crippen LogP contribution in [0.15, 0.2) is 30.3 Å². The van der Waals surface area contributed by atoms with E-state index in [2.05, 4.69) is 0 Å². The zero-order valence-electron chi connectivity index (χ0n) is 14.3. The maximum Gasteiger partial charge on any atom is 0.306 e. The number of Topliss-reactive ketones (excluding diaryl/α,β-unsaturated/α-hetero) is 2. The van der Waals surface area contributed by atoms with E-state index in [0.29, 0.717) is 35.2 Å². The largest absolute Gasteiger partial charge is 0.486 e. The summed E-state index contributed by atoms with van der Waals surface area (Å²) in [7, 11) is 0. The van der Waals surface area contributed by atoms with Crippen molar-refractivity contribution in [1.82, 2.24) is 0 Å². The molecule has 1 aliphatic heterocycles. The first-order valence-corrected chi connectivity index (χ1v) is 9.02. The van der Waals surface area contributed by atoms with E-state index in [4.69, 9.17) is 14.2 Å². The molecule has 1 aliphatic rings. The number of fused-ring (bicyclic) bond motifs is 1. The van der Waals surface area contributed by atoms with Crippen molar-refractivity contribution in [3.05, 3.63) is 45.6 Å². The molecule has 0 saturated heterocycles. The second-order valence-corrected chi connectivity index (χ2v) is 7.06. The van der Waals surface area contributed by atoms with Crippen LogP contribution in [0.5, 0.6) is 11.5 Å². The van der Waals surface area contributed by atoms with Crippen molar-refractivity contribution in [2.75, 3.05) is 19.8 Å². The minimum absolute atomic E-state index is 0.0514. The van der Waals surface area contributed by atoms with Gasteiger partial charge in [0.05, 0.1) is 11.3 Å². The van der Waals surface area contributed by atoms with E-state index < -0.39 is 5.97 Å². The van der Waals surface area contributed by atoms with Gasteiger partial charge < -0.3 is 14.2 Å². The third kappa shape index (κ3) is 4.49. The molecule has 0 N–H and O–H groups in total. The lowest BCUT2D eigenvalue weighted by atomic mass is 10.1. The van der Waals surface area contributed by atoms with Gasteiger partial charge in [0.1, 0.15) is 13.2 Å². The highest BCUT2D eigenvalue weighted by Gasteiger charge is 2.17. The number of hydrogen-bond acceptors (Lipinski definition) is 7. The standard InChI is InChI=1S/C19H18O6S/c1-12-2-6-18(26-12)14(20)4-7-19(22)25-11-15(21)13-3-5-16-17(10-13)24-9-8-23-16/h2-3,5-6,10H,4,7-9,11H2,1H3. The minimum Gasteiger partial charge on any atom is -0.486 e. The fraction of sp³-hybridized carbons (Fsp3) is 0.316. The summed E-state index contributed by atoms with van der Waals surface area (Å²) in [5, 5.41) is 0. The maximum atomic E-state index is 12.2. The number of rotatable bonds is 7. The van der Waals surface area contributed by atoms with Gasteiger partial charge in [-0.3, -0.25) is 14.4 Å². The van der Waals surface area contributed by atoms with E-state index in [1.54, 1.807) is 24.3 Å². The van der Waals surface area contributed by atoms with Gasteiger partial charge in [-0.05, 0) is 37.3 Å². The molecule has 2 aromatic rings. The van der Waals surface area contributed by atoms with Crippen LogP contribution in [0, 0.1) is 6.92 Å². The van der Waals surface area contributed by atoms with E-state index in [9.17, 15) is 14.4 Å². The molecule has 0 saturated carbocycles. The predicted octanol–water partition coefficient (Wildman–Crippen LogP) is 3.22. The Bertz CT molecular complexity index is 838. The zero-order valence-corrected chi connectivity index (χ0v) is 15.1. The van der Waals surface area contributed by atoms with E-state index in [1.807, 2.05) is 13.0 Å². The Labute approximate surface area is 154 Å². The first kappa shape index (κ1) is 18.1. The number of hydrogen-bond donors (Lipinski definition) is 0. The molecule has 136 valence electrons. The van der Waals surface area contributed by atoms with Gasteiger partial charge in [-0.2, -0.15) is 0 Å². The van der Waals surface area contributed by atoms with Crippen LogP contribution in [0.3, 0.4) is 0 Å². The molecule has 0 aliphatic carbocycles. The van der Waals surface area contributed by atoms with Gasteiger partial charge in [0.15, 0.2) is 29.7 Å². The number of ketones is 2. The minimum atomic E-state index is -0.572. The van der Waals surface area contributed by atoms with Gasteiger partial charge in [0.2, 0.25) is 0 Å². The second-order valence-electron chi connectivity index (χ2n) is 5.78. The summed E-state index contributed by atoms with van der Waals surface area (Å²) < 4.78 is 15.8. The molecule has 1 aromatic heterocycles. The van der Waals surface area contributed by atoms with Gasteiger partial charge in [0.25, 0.3) is 0 Å². The molecule has 6 nitrogen and oxygen atoms in total. The lowest BCUT2D eigenvalue weighted by Crippen LogP contribution is -2.17. The average molecular weight is 374 g/mol. The molecule has 7 heteroatoms. The number of thiophene rings is 1. The van der Waals surface area contributed by atoms with Crippen molar-refractivity contribution < 1.29 is 28.6 Å². The average Bonchev–Trinajstić information content (AvgIpc) is 3.10. The summed E-state index contributed by atoms with van der Waals surface area (Å²) in [6.07, 6.45) is 0.0151. The molecule has 1 aromatic carbocycles. The molecule has 0 fully saturated rings. The van der Waals surface area contributed by atoms with Crippen LogP contribution in [0.2, 0.25) is 0 Å². The van der Waals surface area contributed by atoms with Crippen LogP contribution in [0.25, 0.3) is 0 Å². The number of esters is 1. The van der Waals surface area contributed by atoms with Crippen LogP contribution in [0.1, 0.15) is 37.7 Å². The smallest absolute Gasteiger partial charge is 0.306 e. The molecule has 0 unspecified atom stereocenters. The van der Waals surface area contributed by atoms with Crippen molar-refractivity contribution in [2.24, 2.45) is 0 Å². The number of ether oxygens (including phenoxy) is 3. The van der Waals surface area contributed by atoms with Crippen LogP contribution in [-0.4, -0.2) is 37.4 Å². The van der Waals surface area contributed by atoms with Crippen molar-refractivity contribution >= 4 is 28.9 Å². The zero-order chi connectivity index (χ0) is 18.5. The van der Waals surface area contributed by atoms with Gasteiger partial charge >= 0.3 is 5.97 Å². The van der Waals surface area contributed by atoms with Crippen molar-refractivity contribution in [1.29, 1.82) is 0 Å². The third-order valence-corrected chi connectivity index (χ3v) is 4.84. The molecule has 26 heavy (non-hydrogen) atoms. The maximum absolute atomic E-state index is 12.2. The van der Waals surface area contributed by atoms with Gasteiger partial charge in [-0.1, -0.05) is 0 Å². The van der Waals surface area contributed by atoms with Crippen molar-refractivity contribution in [3.8, 4) is 11.5 Å². The molecular formula is C19H18O6S. The predicted molar refractivity (Wildman–Crippen MR) is 95.3 cm³/mol. The van der Waals surface area contributed by atoms with Gasteiger partial charge in [0, 0.05) is 16.9 Å². The third-order valence-electron chi connectivity index (χ3n) is 3.80. The molecule has 2 heterocycles. The number of benzene rings is 1. The highest BCUT2D eigenvalue weighted by molar-refractivity contribution is 7.14. The Morgan fingerprint density at radius 2 is 1.77 bits per heavy atom. The van der Waals surface area contributed by atoms with Crippen molar-refractivity contribution in [2.45, 2.75) is 19.8 Å². The number of carbonyl (C=O) groups excluding carboxylic acids is 3. The SMILES string of the molecule is Cc1ccc(C(=O)CCC(=O)OCC(=O)c2ccc3c(c2)OCCO3)s1. The highest BCUT2D eigenvalue weighted by Crippen LogP contribution is 2.30. The van der Waals surface area contributed by atoms with Crippen molar-refractivity contribution in [3.63, 3.8) is 0 Å². The van der Waals surface area contributed by atoms with Gasteiger partial charge in [-0.15, -0.1) is 11.3 Å². The van der Waals surface area contributed by atoms with Crippen LogP contribution >= 0.6 is 11.3 Å². The lowest BCUT2D eigenvalue weighted by molar-refractivity contribution is -0.142. The first-order chi connectivity index (χ1) is 12.5. The summed E-state index contributed by atoms with van der Waals surface area (Å²) in [4.78, 5) is 37.6. The summed E-state index contributed by atoms with van der Waals surface area (Å²) in [5.74, 6) is 0.0867. The molecular weight excluding hydrogens is 356 g/mol. The summed E-state index contributed by atoms with van der Waals surface area (Å²) >= 11 is 1.40. The molecule has 0 spiro atoms. The topological polar surface area (TPSA) is 78.9 Å². The quantitative estimate of drug-likeness (QED) is 0.547. The van der Waals surface area contributed by atoms with E-state index >= 15 is 0 Å². The monoisotopic (exact) mass is 374 g/mol. The Hall–Kier alpha value is -2.67. The highest BCUT2D eigenvalue weighted by atomic mass is 32.1. The van der Waals surface area contributed by atoms with Crippen LogP contribution in [-0.2, 0) is 9.53 Å².